The van der Waals surface area contributed by atoms with Crippen LogP contribution >= 0.6 is 0 Å². The van der Waals surface area contributed by atoms with Crippen LogP contribution in [0.2, 0.25) is 0 Å². The third kappa shape index (κ3) is 13.9. The van der Waals surface area contributed by atoms with Crippen molar-refractivity contribution in [1.29, 1.82) is 0 Å². The van der Waals surface area contributed by atoms with Crippen molar-refractivity contribution in [2.24, 2.45) is 7.05 Å². The van der Waals surface area contributed by atoms with Gasteiger partial charge in [0, 0.05) is 42.4 Å². The van der Waals surface area contributed by atoms with Gasteiger partial charge in [-0.3, -0.25) is 33.3 Å². The minimum absolute atomic E-state index is 0.0181. The van der Waals surface area contributed by atoms with E-state index < -0.39 is 79.5 Å². The molecule has 0 spiro atoms. The molecule has 4 heterocycles. The summed E-state index contributed by atoms with van der Waals surface area (Å²) in [5, 5.41) is 24.7. The summed E-state index contributed by atoms with van der Waals surface area (Å²) in [6, 6.07) is 49.1. The number of aromatic carboxylic acids is 2. The Hall–Kier alpha value is -13.6. The number of carbonyl (C=O) groups is 4. The van der Waals surface area contributed by atoms with Crippen LogP contribution in [0.3, 0.4) is 0 Å². The first-order valence-corrected chi connectivity index (χ1v) is 28.2. The summed E-state index contributed by atoms with van der Waals surface area (Å²) >= 11 is 0. The molecule has 13 rings (SSSR count). The monoisotopic (exact) mass is 1280 g/mol. The zero-order valence-electron chi connectivity index (χ0n) is 50.2. The molecule has 9 aromatic carbocycles. The van der Waals surface area contributed by atoms with Crippen LogP contribution in [0.25, 0.3) is 48.8 Å². The predicted molar refractivity (Wildman–Crippen MR) is 355 cm³/mol. The molecule has 25 nitrogen and oxygen atoms in total. The molecule has 0 atom stereocenters. The number of rotatable bonds is 13. The molecular formula is C70H50N6O19. The number of nitrogens with two attached hydrogens (primary N) is 2. The van der Waals surface area contributed by atoms with Crippen molar-refractivity contribution in [2.75, 3.05) is 29.1 Å². The van der Waals surface area contributed by atoms with E-state index in [2.05, 4.69) is 19.5 Å². The molecule has 13 aromatic rings. The maximum atomic E-state index is 12.9. The zero-order valence-corrected chi connectivity index (χ0v) is 50.2. The molecule has 0 aliphatic carbocycles. The Bertz CT molecular complexity index is 5330. The number of aryl methyl sites for hydroxylation is 1. The first kappa shape index (κ1) is 64.4. The van der Waals surface area contributed by atoms with Gasteiger partial charge in [-0.1, -0.05) is 17.7 Å². The molecule has 95 heavy (non-hydrogen) atoms. The Balaban J connectivity index is 0.000000146. The van der Waals surface area contributed by atoms with Crippen LogP contribution in [0.15, 0.2) is 229 Å². The number of nitrogens with zero attached hydrogens (tertiary/aromatic N) is 2. The van der Waals surface area contributed by atoms with Crippen molar-refractivity contribution in [2.45, 2.75) is 13.8 Å². The van der Waals surface area contributed by atoms with E-state index in [1.54, 1.807) is 84.9 Å². The molecule has 0 radical (unpaired) electrons. The van der Waals surface area contributed by atoms with Crippen LogP contribution in [-0.4, -0.2) is 50.0 Å². The summed E-state index contributed by atoms with van der Waals surface area (Å²) in [4.78, 5) is 143. The average molecular weight is 1280 g/mol. The van der Waals surface area contributed by atoms with Crippen LogP contribution in [0.4, 0.5) is 22.7 Å². The molecule has 0 saturated carbocycles. The fourth-order valence-electron chi connectivity index (χ4n) is 9.67. The van der Waals surface area contributed by atoms with Crippen LogP contribution in [0, 0.1) is 6.92 Å². The van der Waals surface area contributed by atoms with E-state index >= 15 is 0 Å². The van der Waals surface area contributed by atoms with Gasteiger partial charge in [0.25, 0.3) is 28.1 Å². The molecule has 0 aliphatic heterocycles. The largest absolute Gasteiger partial charge is 0.478 e. The van der Waals surface area contributed by atoms with Gasteiger partial charge in [-0.25, -0.2) is 33.3 Å². The van der Waals surface area contributed by atoms with Crippen molar-refractivity contribution in [3.05, 3.63) is 293 Å². The Labute approximate surface area is 532 Å². The molecule has 8 N–H and O–H groups in total. The van der Waals surface area contributed by atoms with Crippen LogP contribution < -0.4 is 81.1 Å². The molecule has 0 saturated heterocycles. The van der Waals surface area contributed by atoms with Gasteiger partial charge in [0.1, 0.15) is 34.5 Å². The van der Waals surface area contributed by atoms with E-state index in [0.29, 0.717) is 34.4 Å². The van der Waals surface area contributed by atoms with Crippen molar-refractivity contribution >= 4 is 89.5 Å². The Morgan fingerprint density at radius 2 is 0.726 bits per heavy atom. The maximum absolute atomic E-state index is 12.9. The number of hydrogen-bond acceptors (Lipinski definition) is 20. The van der Waals surface area contributed by atoms with Crippen molar-refractivity contribution in [1.82, 2.24) is 9.13 Å². The SMILES string of the molecule is CNc1ccc(Oc2ccc(NC(=O)c3cc(C(C)=O)c(C(=O)O)cc3C(=O)O)cc2)cc1.Cc1ccc(Oc2ccc(-n3c(=O)c4cc5c(=O)n(C)c(=O)c5cc4c3=O)cc2)cc1.Nc1ccc(Oc2ccc(N)cc2)cc1.O=c1oc(=O)c2cc3c(=O)oc(=O)c3cc12. The number of fused-ring (bicyclic) bond motifs is 4. The lowest BCUT2D eigenvalue weighted by Crippen LogP contribution is -2.23. The van der Waals surface area contributed by atoms with Crippen molar-refractivity contribution < 1.29 is 52.4 Å². The highest BCUT2D eigenvalue weighted by Gasteiger charge is 2.25. The maximum Gasteiger partial charge on any atom is 0.346 e. The molecule has 0 aliphatic rings. The number of Topliss-reactive ketones (excluding diaryl/α,β-unsaturated/α-hetero) is 1. The summed E-state index contributed by atoms with van der Waals surface area (Å²) in [5.41, 5.74) is 8.41. The molecular weight excluding hydrogens is 1230 g/mol. The highest BCUT2D eigenvalue weighted by Crippen LogP contribution is 2.28. The van der Waals surface area contributed by atoms with E-state index in [9.17, 15) is 67.7 Å². The summed E-state index contributed by atoms with van der Waals surface area (Å²) < 4.78 is 27.8. The molecule has 1 amide bonds. The highest BCUT2D eigenvalue weighted by atomic mass is 16.5. The quantitative estimate of drug-likeness (QED) is 0.0463. The van der Waals surface area contributed by atoms with Gasteiger partial charge in [0.2, 0.25) is 0 Å². The van der Waals surface area contributed by atoms with E-state index in [4.69, 9.17) is 25.7 Å². The second kappa shape index (κ2) is 26.9. The van der Waals surface area contributed by atoms with Crippen molar-refractivity contribution in [3.8, 4) is 40.2 Å². The fourth-order valence-corrected chi connectivity index (χ4v) is 9.67. The molecule has 25 heteroatoms. The topological polar surface area (TPSA) is 385 Å². The molecule has 0 bridgehead atoms. The van der Waals surface area contributed by atoms with Crippen LogP contribution in [0.5, 0.6) is 34.5 Å². The summed E-state index contributed by atoms with van der Waals surface area (Å²) in [6.07, 6.45) is 0. The second-order valence-electron chi connectivity index (χ2n) is 21.0. The van der Waals surface area contributed by atoms with Gasteiger partial charge in [0.05, 0.1) is 65.5 Å². The first-order chi connectivity index (χ1) is 45.3. The Kier molecular flexibility index (Phi) is 18.2. The Morgan fingerprint density at radius 3 is 1.09 bits per heavy atom. The number of anilines is 4. The summed E-state index contributed by atoms with van der Waals surface area (Å²) in [7, 11) is 3.18. The normalized spacial score (nSPS) is 10.8. The molecule has 474 valence electrons. The number of aromatic nitrogens is 2. The number of nitrogen functional groups attached to an aromatic ring is 2. The molecule has 4 aromatic heterocycles. The van der Waals surface area contributed by atoms with Gasteiger partial charge in [-0.15, -0.1) is 0 Å². The minimum atomic E-state index is -1.49. The lowest BCUT2D eigenvalue weighted by molar-refractivity contribution is 0.0689. The number of nitrogens with one attached hydrogen (secondary N) is 2. The number of carbonyl (C=O) groups excluding carboxylic acids is 2. The number of amides is 1. The number of ketones is 1. The first-order valence-electron chi connectivity index (χ1n) is 28.2. The van der Waals surface area contributed by atoms with Gasteiger partial charge >= 0.3 is 34.4 Å². The standard InChI is InChI=1S/C24H20N2O7.C24H16N2O5.C12H12N2O.C10H2O6/c1-13(27)18-11-19(21(24(31)32)12-20(18)23(29)30)22(28)26-15-5-9-17(10-6-15)33-16-7-3-14(25-2)4-8-16;1-13-3-7-15(8-4-13)31-16-9-5-14(6-10-16)26-23(29)19-11-17-18(12-20(19)24(26)30)22(28)25(2)21(17)27;13-9-1-5-11(6-2-9)15-12-7-3-10(14)4-8-12;11-7-3-1-4-6(10(14)16-8(4)12)2-5(3)9(13)15-7/h3-12,25H,1-2H3,(H,26,28)(H,29,30)(H,31,32);3-12H,1-2H3;1-8H,13-14H2;1-2H. The van der Waals surface area contributed by atoms with E-state index in [0.717, 1.165) is 74.4 Å². The second-order valence-corrected chi connectivity index (χ2v) is 21.0. The summed E-state index contributed by atoms with van der Waals surface area (Å²) in [6.45, 7) is 3.12. The number of furan rings is 2. The van der Waals surface area contributed by atoms with Gasteiger partial charge < -0.3 is 55.4 Å². The number of benzene rings is 9. The third-order valence-corrected chi connectivity index (χ3v) is 14.6. The number of ether oxygens (including phenoxy) is 3. The van der Waals surface area contributed by atoms with Gasteiger partial charge in [-0.2, -0.15) is 0 Å². The van der Waals surface area contributed by atoms with Crippen LogP contribution in [-0.2, 0) is 7.05 Å². The molecule has 0 unspecified atom stereocenters. The lowest BCUT2D eigenvalue weighted by Gasteiger charge is -2.12. The van der Waals surface area contributed by atoms with Gasteiger partial charge in [-0.05, 0) is 184 Å². The number of carboxylic acids is 2. The third-order valence-electron chi connectivity index (χ3n) is 14.6. The van der Waals surface area contributed by atoms with E-state index in [1.807, 2.05) is 74.6 Å². The summed E-state index contributed by atoms with van der Waals surface area (Å²) in [5.74, 6) is -0.492. The van der Waals surface area contributed by atoms with E-state index in [1.165, 1.54) is 19.2 Å². The smallest absolute Gasteiger partial charge is 0.346 e. The minimum Gasteiger partial charge on any atom is -0.478 e. The number of hydrogen-bond donors (Lipinski definition) is 6. The Morgan fingerprint density at radius 1 is 0.411 bits per heavy atom. The lowest BCUT2D eigenvalue weighted by atomic mass is 9.95. The predicted octanol–water partition coefficient (Wildman–Crippen LogP) is 9.05. The average Bonchev–Trinajstić information content (AvgIpc) is 1.69. The fraction of sp³-hybridized carbons (Fsp3) is 0.0571. The van der Waals surface area contributed by atoms with Crippen LogP contribution in [0.1, 0.15) is 53.9 Å². The molecule has 0 fully saturated rings. The van der Waals surface area contributed by atoms with E-state index in [-0.39, 0.29) is 54.2 Å². The van der Waals surface area contributed by atoms with Crippen molar-refractivity contribution in [3.63, 3.8) is 0 Å². The highest BCUT2D eigenvalue weighted by molar-refractivity contribution is 6.15. The zero-order chi connectivity index (χ0) is 68.1. The van der Waals surface area contributed by atoms with Gasteiger partial charge in [0.15, 0.2) is 5.78 Å². The number of carboxylic acid groups (broad SMARTS) is 2.